The van der Waals surface area contributed by atoms with Crippen LogP contribution in [0.2, 0.25) is 10.0 Å². The van der Waals surface area contributed by atoms with Crippen LogP contribution in [0, 0.1) is 0 Å². The summed E-state index contributed by atoms with van der Waals surface area (Å²) in [4.78, 5) is 14.9. The van der Waals surface area contributed by atoms with Gasteiger partial charge in [-0.2, -0.15) is 0 Å². The van der Waals surface area contributed by atoms with Crippen LogP contribution in [0.4, 0.5) is 0 Å². The van der Waals surface area contributed by atoms with Crippen molar-refractivity contribution < 1.29 is 4.79 Å². The summed E-state index contributed by atoms with van der Waals surface area (Å²) in [6.07, 6.45) is 0.890. The molecule has 0 aliphatic carbocycles. The fourth-order valence-electron chi connectivity index (χ4n) is 2.59. The topological polar surface area (TPSA) is 32.9 Å². The van der Waals surface area contributed by atoms with Crippen LogP contribution in [0.15, 0.2) is 36.4 Å². The molecule has 0 radical (unpaired) electrons. The highest BCUT2D eigenvalue weighted by molar-refractivity contribution is 6.42. The second kappa shape index (κ2) is 5.79. The minimum absolute atomic E-state index is 0.409. The molecule has 2 nitrogen and oxygen atoms in total. The first-order valence-electron chi connectivity index (χ1n) is 7.07. The first-order chi connectivity index (χ1) is 10.5. The summed E-state index contributed by atoms with van der Waals surface area (Å²) < 4.78 is 0. The summed E-state index contributed by atoms with van der Waals surface area (Å²) in [6.45, 7) is 4.27. The number of nitrogens with one attached hydrogen (secondary N) is 1. The quantitative estimate of drug-likeness (QED) is 0.580. The predicted octanol–water partition coefficient (Wildman–Crippen LogP) is 6.08. The molecule has 1 heterocycles. The molecule has 0 saturated heterocycles. The zero-order valence-corrected chi connectivity index (χ0v) is 13.8. The number of fused-ring (bicyclic) bond motifs is 1. The molecule has 4 heteroatoms. The van der Waals surface area contributed by atoms with E-state index in [4.69, 9.17) is 23.2 Å². The van der Waals surface area contributed by atoms with Gasteiger partial charge in [0.1, 0.15) is 0 Å². The largest absolute Gasteiger partial charge is 0.354 e. The monoisotopic (exact) mass is 331 g/mol. The Balaban J connectivity index is 2.25. The van der Waals surface area contributed by atoms with E-state index in [-0.39, 0.29) is 0 Å². The number of carbonyl (C=O) groups excluding carboxylic acids is 1. The lowest BCUT2D eigenvalue weighted by molar-refractivity contribution is 0.112. The fourth-order valence-corrected chi connectivity index (χ4v) is 2.89. The van der Waals surface area contributed by atoms with Crippen LogP contribution < -0.4 is 0 Å². The van der Waals surface area contributed by atoms with Gasteiger partial charge < -0.3 is 4.98 Å². The van der Waals surface area contributed by atoms with Gasteiger partial charge in [0.05, 0.1) is 15.7 Å². The van der Waals surface area contributed by atoms with E-state index in [9.17, 15) is 4.79 Å². The van der Waals surface area contributed by atoms with Crippen molar-refractivity contribution in [1.82, 2.24) is 4.98 Å². The van der Waals surface area contributed by atoms with Crippen molar-refractivity contribution in [2.24, 2.45) is 0 Å². The minimum Gasteiger partial charge on any atom is -0.354 e. The third kappa shape index (κ3) is 2.53. The summed E-state index contributed by atoms with van der Waals surface area (Å²) in [5.41, 5.74) is 4.40. The molecule has 0 aliphatic rings. The second-order valence-electron chi connectivity index (χ2n) is 5.62. The summed E-state index contributed by atoms with van der Waals surface area (Å²) in [5.74, 6) is 0.409. The van der Waals surface area contributed by atoms with E-state index in [0.717, 1.165) is 28.4 Å². The number of hydrogen-bond acceptors (Lipinski definition) is 1. The van der Waals surface area contributed by atoms with E-state index in [1.807, 2.05) is 12.1 Å². The number of hydrogen-bond donors (Lipinski definition) is 1. The number of aromatic nitrogens is 1. The molecule has 0 fully saturated rings. The maximum atomic E-state index is 11.6. The molecule has 0 saturated carbocycles. The Labute approximate surface area is 139 Å². The van der Waals surface area contributed by atoms with Gasteiger partial charge in [-0.25, -0.2) is 0 Å². The Morgan fingerprint density at radius 2 is 1.82 bits per heavy atom. The van der Waals surface area contributed by atoms with Crippen LogP contribution in [0.3, 0.4) is 0 Å². The number of carbonyl (C=O) groups is 1. The van der Waals surface area contributed by atoms with E-state index in [1.54, 1.807) is 12.1 Å². The molecule has 0 unspecified atom stereocenters. The third-order valence-corrected chi connectivity index (χ3v) is 4.59. The van der Waals surface area contributed by atoms with Crippen molar-refractivity contribution in [1.29, 1.82) is 0 Å². The van der Waals surface area contributed by atoms with E-state index < -0.39 is 0 Å². The number of aldehydes is 1. The Kier molecular flexibility index (Phi) is 3.98. The van der Waals surface area contributed by atoms with Crippen LogP contribution in [-0.2, 0) is 0 Å². The zero-order valence-electron chi connectivity index (χ0n) is 12.3. The molecule has 3 rings (SSSR count). The number of aromatic amines is 1. The molecule has 0 atom stereocenters. The standard InChI is InChI=1S/C18H15Cl2NO/c1-10(2)11-4-6-17-13(7-11)14(9-22)18(21-17)12-3-5-15(19)16(20)8-12/h3-10,21H,1-2H3. The van der Waals surface area contributed by atoms with Crippen molar-refractivity contribution in [3.8, 4) is 11.3 Å². The minimum atomic E-state index is 0.409. The van der Waals surface area contributed by atoms with Crippen molar-refractivity contribution in [2.45, 2.75) is 19.8 Å². The highest BCUT2D eigenvalue weighted by atomic mass is 35.5. The Bertz CT molecular complexity index is 865. The summed E-state index contributed by atoms with van der Waals surface area (Å²) in [7, 11) is 0. The first kappa shape index (κ1) is 15.1. The van der Waals surface area contributed by atoms with Gasteiger partial charge in [-0.1, -0.05) is 49.2 Å². The van der Waals surface area contributed by atoms with Crippen LogP contribution >= 0.6 is 23.2 Å². The molecule has 0 spiro atoms. The van der Waals surface area contributed by atoms with Gasteiger partial charge in [0.25, 0.3) is 0 Å². The van der Waals surface area contributed by atoms with Crippen molar-refractivity contribution >= 4 is 40.4 Å². The molecule has 3 aromatic rings. The van der Waals surface area contributed by atoms with Crippen LogP contribution in [0.1, 0.15) is 35.7 Å². The van der Waals surface area contributed by atoms with E-state index in [2.05, 4.69) is 31.0 Å². The van der Waals surface area contributed by atoms with Crippen LogP contribution in [-0.4, -0.2) is 11.3 Å². The lowest BCUT2D eigenvalue weighted by Crippen LogP contribution is -1.87. The first-order valence-corrected chi connectivity index (χ1v) is 7.83. The molecular formula is C18H15Cl2NO. The van der Waals surface area contributed by atoms with Gasteiger partial charge in [-0.15, -0.1) is 0 Å². The molecule has 22 heavy (non-hydrogen) atoms. The average molecular weight is 332 g/mol. The predicted molar refractivity (Wildman–Crippen MR) is 93.2 cm³/mol. The lowest BCUT2D eigenvalue weighted by atomic mass is 9.99. The Morgan fingerprint density at radius 3 is 2.45 bits per heavy atom. The molecule has 0 aliphatic heterocycles. The fraction of sp³-hybridized carbons (Fsp3) is 0.167. The van der Waals surface area contributed by atoms with Gasteiger partial charge in [0.2, 0.25) is 0 Å². The molecule has 0 amide bonds. The number of H-pyrrole nitrogens is 1. The van der Waals surface area contributed by atoms with Crippen molar-refractivity contribution in [2.75, 3.05) is 0 Å². The zero-order chi connectivity index (χ0) is 15.9. The Hall–Kier alpha value is -1.77. The molecule has 112 valence electrons. The van der Waals surface area contributed by atoms with Gasteiger partial charge in [0.15, 0.2) is 6.29 Å². The molecule has 2 aromatic carbocycles. The third-order valence-electron chi connectivity index (χ3n) is 3.86. The van der Waals surface area contributed by atoms with Gasteiger partial charge in [0, 0.05) is 22.0 Å². The van der Waals surface area contributed by atoms with Crippen LogP contribution in [0.5, 0.6) is 0 Å². The molecule has 1 N–H and O–H groups in total. The normalized spacial score (nSPS) is 11.3. The summed E-state index contributed by atoms with van der Waals surface area (Å²) in [5, 5.41) is 1.90. The van der Waals surface area contributed by atoms with E-state index in [1.165, 1.54) is 5.56 Å². The summed E-state index contributed by atoms with van der Waals surface area (Å²) in [6, 6.07) is 11.5. The smallest absolute Gasteiger partial charge is 0.152 e. The summed E-state index contributed by atoms with van der Waals surface area (Å²) >= 11 is 12.1. The maximum Gasteiger partial charge on any atom is 0.152 e. The molecule has 0 bridgehead atoms. The lowest BCUT2D eigenvalue weighted by Gasteiger charge is -2.04. The van der Waals surface area contributed by atoms with Gasteiger partial charge in [-0.3, -0.25) is 4.79 Å². The van der Waals surface area contributed by atoms with Crippen molar-refractivity contribution in [3.63, 3.8) is 0 Å². The van der Waals surface area contributed by atoms with Gasteiger partial charge in [-0.05, 0) is 35.7 Å². The number of benzene rings is 2. The Morgan fingerprint density at radius 1 is 1.05 bits per heavy atom. The van der Waals surface area contributed by atoms with E-state index in [0.29, 0.717) is 21.5 Å². The number of rotatable bonds is 3. The van der Waals surface area contributed by atoms with Crippen LogP contribution in [0.25, 0.3) is 22.2 Å². The second-order valence-corrected chi connectivity index (χ2v) is 6.43. The highest BCUT2D eigenvalue weighted by Crippen LogP contribution is 2.34. The van der Waals surface area contributed by atoms with Crippen molar-refractivity contribution in [3.05, 3.63) is 57.6 Å². The maximum absolute atomic E-state index is 11.6. The highest BCUT2D eigenvalue weighted by Gasteiger charge is 2.14. The number of halogens is 2. The average Bonchev–Trinajstić information content (AvgIpc) is 2.87. The SMILES string of the molecule is CC(C)c1ccc2[nH]c(-c3ccc(Cl)c(Cl)c3)c(C=O)c2c1. The van der Waals surface area contributed by atoms with E-state index >= 15 is 0 Å². The van der Waals surface area contributed by atoms with Gasteiger partial charge >= 0.3 is 0 Å². The molecule has 1 aromatic heterocycles. The molecular weight excluding hydrogens is 317 g/mol.